The summed E-state index contributed by atoms with van der Waals surface area (Å²) in [6.07, 6.45) is 1.44. The van der Waals surface area contributed by atoms with Gasteiger partial charge >= 0.3 is 17.9 Å². The lowest BCUT2D eigenvalue weighted by Gasteiger charge is -2.09. The van der Waals surface area contributed by atoms with Gasteiger partial charge in [0.25, 0.3) is 0 Å². The van der Waals surface area contributed by atoms with E-state index in [-0.39, 0.29) is 40.1 Å². The number of fused-ring (bicyclic) bond motifs is 1. The van der Waals surface area contributed by atoms with Gasteiger partial charge in [-0.2, -0.15) is 0 Å². The quantitative estimate of drug-likeness (QED) is 0.442. The van der Waals surface area contributed by atoms with Crippen LogP contribution in [-0.4, -0.2) is 23.7 Å². The molecule has 1 aliphatic heterocycles. The molecule has 0 aromatic heterocycles. The van der Waals surface area contributed by atoms with Gasteiger partial charge in [0, 0.05) is 20.8 Å². The molecule has 1 radical (unpaired) electrons. The lowest BCUT2D eigenvalue weighted by molar-refractivity contribution is -0.134. The summed E-state index contributed by atoms with van der Waals surface area (Å²) in [5, 5.41) is 0. The Morgan fingerprint density at radius 3 is 2.21 bits per heavy atom. The maximum Gasteiger partial charge on any atom is 0.308 e. The van der Waals surface area contributed by atoms with Crippen LogP contribution >= 0.6 is 0 Å². The van der Waals surface area contributed by atoms with Crippen LogP contribution in [0.15, 0.2) is 36.1 Å². The maximum absolute atomic E-state index is 12.5. The van der Waals surface area contributed by atoms with Crippen LogP contribution in [0.1, 0.15) is 36.7 Å². The summed E-state index contributed by atoms with van der Waals surface area (Å²) in [7, 11) is 0. The maximum atomic E-state index is 12.5. The minimum absolute atomic E-state index is 0.00485. The van der Waals surface area contributed by atoms with Gasteiger partial charge in [-0.1, -0.05) is 6.07 Å². The molecule has 29 heavy (non-hydrogen) atoms. The second-order valence-electron chi connectivity index (χ2n) is 5.99. The van der Waals surface area contributed by atoms with E-state index >= 15 is 0 Å². The van der Waals surface area contributed by atoms with Gasteiger partial charge < -0.3 is 18.9 Å². The van der Waals surface area contributed by atoms with Crippen LogP contribution < -0.4 is 18.9 Å². The van der Waals surface area contributed by atoms with Crippen molar-refractivity contribution in [3.8, 4) is 23.0 Å². The Morgan fingerprint density at radius 2 is 1.55 bits per heavy atom. The predicted molar refractivity (Wildman–Crippen MR) is 98.6 cm³/mol. The average molecular weight is 395 g/mol. The standard InChI is InChI=1S/C21H15O8/c1-11(22)26-15-5-6-16-18(10-15)29-20(21(16)25)9-14-4-7-17(27-12(2)23)19(8-14)28-13(3)24/h4-9H,1-3H3. The molecule has 2 aromatic rings. The molecule has 0 amide bonds. The van der Waals surface area contributed by atoms with Gasteiger partial charge in [0.1, 0.15) is 5.75 Å². The number of hydrogen-bond acceptors (Lipinski definition) is 8. The van der Waals surface area contributed by atoms with Gasteiger partial charge in [-0.15, -0.1) is 0 Å². The SMILES string of the molecule is CC(=O)Oc1[c]c2c(cc1)C(=O)C(=Cc1ccc(OC(C)=O)c(OC(C)=O)c1)O2. The number of carbonyl (C=O) groups excluding carboxylic acids is 4. The molecule has 0 saturated heterocycles. The minimum Gasteiger partial charge on any atom is -0.452 e. The zero-order chi connectivity index (χ0) is 21.1. The molecule has 8 nitrogen and oxygen atoms in total. The number of ether oxygens (including phenoxy) is 4. The molecule has 0 spiro atoms. The number of esters is 3. The molecule has 0 atom stereocenters. The Bertz CT molecular complexity index is 1060. The highest BCUT2D eigenvalue weighted by Crippen LogP contribution is 2.35. The summed E-state index contributed by atoms with van der Waals surface area (Å²) in [6.45, 7) is 3.67. The molecule has 0 unspecified atom stereocenters. The van der Waals surface area contributed by atoms with Crippen molar-refractivity contribution in [3.63, 3.8) is 0 Å². The molecule has 0 saturated carbocycles. The van der Waals surface area contributed by atoms with Crippen LogP contribution in [0.2, 0.25) is 0 Å². The molecule has 0 aliphatic carbocycles. The van der Waals surface area contributed by atoms with Crippen LogP contribution in [0.3, 0.4) is 0 Å². The fourth-order valence-corrected chi connectivity index (χ4v) is 2.55. The highest BCUT2D eigenvalue weighted by Gasteiger charge is 2.28. The summed E-state index contributed by atoms with van der Waals surface area (Å²) >= 11 is 0. The number of allylic oxidation sites excluding steroid dienone is 1. The van der Waals surface area contributed by atoms with Gasteiger partial charge in [-0.25, -0.2) is 0 Å². The minimum atomic E-state index is -0.601. The van der Waals surface area contributed by atoms with E-state index in [4.69, 9.17) is 18.9 Å². The molecule has 1 heterocycles. The van der Waals surface area contributed by atoms with Gasteiger partial charge in [-0.05, 0) is 35.9 Å². The van der Waals surface area contributed by atoms with Crippen molar-refractivity contribution in [1.29, 1.82) is 0 Å². The number of hydrogen-bond donors (Lipinski definition) is 0. The van der Waals surface area contributed by atoms with Crippen molar-refractivity contribution < 1.29 is 38.1 Å². The lowest BCUT2D eigenvalue weighted by Crippen LogP contribution is -2.07. The Balaban J connectivity index is 1.91. The smallest absolute Gasteiger partial charge is 0.308 e. The van der Waals surface area contributed by atoms with Crippen molar-refractivity contribution in [2.24, 2.45) is 0 Å². The molecule has 3 rings (SSSR count). The van der Waals surface area contributed by atoms with Crippen LogP contribution in [-0.2, 0) is 14.4 Å². The molecule has 0 N–H and O–H groups in total. The van der Waals surface area contributed by atoms with Gasteiger partial charge in [-0.3, -0.25) is 19.2 Å². The average Bonchev–Trinajstić information content (AvgIpc) is 2.91. The topological polar surface area (TPSA) is 105 Å². The third-order valence-electron chi connectivity index (χ3n) is 3.59. The second kappa shape index (κ2) is 7.97. The Hall–Kier alpha value is -3.94. The van der Waals surface area contributed by atoms with E-state index in [2.05, 4.69) is 6.07 Å². The molecule has 0 fully saturated rings. The van der Waals surface area contributed by atoms with Crippen molar-refractivity contribution in [1.82, 2.24) is 0 Å². The fourth-order valence-electron chi connectivity index (χ4n) is 2.55. The molecular weight excluding hydrogens is 380 g/mol. The molecule has 147 valence electrons. The Morgan fingerprint density at radius 1 is 0.897 bits per heavy atom. The fraction of sp³-hybridized carbons (Fsp3) is 0.143. The van der Waals surface area contributed by atoms with Gasteiger partial charge in [0.15, 0.2) is 23.0 Å². The first kappa shape index (κ1) is 19.8. The first-order valence-corrected chi connectivity index (χ1v) is 8.43. The van der Waals surface area contributed by atoms with Crippen molar-refractivity contribution >= 4 is 29.8 Å². The van der Waals surface area contributed by atoms with Gasteiger partial charge in [0.05, 0.1) is 11.6 Å². The van der Waals surface area contributed by atoms with Crippen LogP contribution in [0.25, 0.3) is 6.08 Å². The Labute approximate surface area is 165 Å². The lowest BCUT2D eigenvalue weighted by atomic mass is 10.1. The number of carbonyl (C=O) groups is 4. The van der Waals surface area contributed by atoms with Crippen LogP contribution in [0.4, 0.5) is 0 Å². The van der Waals surface area contributed by atoms with E-state index in [0.717, 1.165) is 0 Å². The summed E-state index contributed by atoms with van der Waals surface area (Å²) in [6, 6.07) is 10.1. The first-order chi connectivity index (χ1) is 13.7. The van der Waals surface area contributed by atoms with Crippen LogP contribution in [0, 0.1) is 6.07 Å². The summed E-state index contributed by atoms with van der Waals surface area (Å²) < 4.78 is 20.5. The normalized spacial score (nSPS) is 13.5. The second-order valence-corrected chi connectivity index (χ2v) is 5.99. The van der Waals surface area contributed by atoms with E-state index in [1.165, 1.54) is 51.1 Å². The highest BCUT2D eigenvalue weighted by atomic mass is 16.6. The summed E-state index contributed by atoms with van der Waals surface area (Å²) in [4.78, 5) is 46.1. The van der Waals surface area contributed by atoms with Crippen molar-refractivity contribution in [2.45, 2.75) is 20.8 Å². The third kappa shape index (κ3) is 4.67. The Kier molecular flexibility index (Phi) is 5.45. The third-order valence-corrected chi connectivity index (χ3v) is 3.59. The summed E-state index contributed by atoms with van der Waals surface area (Å²) in [5.74, 6) is -1.72. The van der Waals surface area contributed by atoms with Crippen molar-refractivity contribution in [2.75, 3.05) is 0 Å². The van der Waals surface area contributed by atoms with E-state index in [9.17, 15) is 19.2 Å². The van der Waals surface area contributed by atoms with E-state index in [1.807, 2.05) is 0 Å². The zero-order valence-corrected chi connectivity index (χ0v) is 15.7. The molecule has 1 aliphatic rings. The zero-order valence-electron chi connectivity index (χ0n) is 15.7. The number of benzene rings is 2. The number of rotatable bonds is 4. The van der Waals surface area contributed by atoms with Crippen molar-refractivity contribution in [3.05, 3.63) is 53.3 Å². The number of ketones is 1. The van der Waals surface area contributed by atoms with Gasteiger partial charge in [0.2, 0.25) is 5.78 Å². The highest BCUT2D eigenvalue weighted by molar-refractivity contribution is 6.14. The molecular formula is C21H15O8. The predicted octanol–water partition coefficient (Wildman–Crippen LogP) is 2.88. The van der Waals surface area contributed by atoms with E-state index in [1.54, 1.807) is 6.07 Å². The molecule has 2 aromatic carbocycles. The van der Waals surface area contributed by atoms with Crippen LogP contribution in [0.5, 0.6) is 23.0 Å². The van der Waals surface area contributed by atoms with E-state index in [0.29, 0.717) is 5.56 Å². The summed E-state index contributed by atoms with van der Waals surface area (Å²) in [5.41, 5.74) is 0.734. The monoisotopic (exact) mass is 395 g/mol. The molecule has 0 bridgehead atoms. The van der Waals surface area contributed by atoms with E-state index < -0.39 is 17.9 Å². The molecule has 8 heteroatoms. The largest absolute Gasteiger partial charge is 0.452 e. The first-order valence-electron chi connectivity index (χ1n) is 8.43. The number of Topliss-reactive ketones (excluding diaryl/α,β-unsaturated/α-hetero) is 1.